The minimum absolute atomic E-state index is 0.0989. The third-order valence-corrected chi connectivity index (χ3v) is 5.43. The Morgan fingerprint density at radius 2 is 1.92 bits per heavy atom. The van der Waals surface area contributed by atoms with Crippen molar-refractivity contribution in [2.75, 3.05) is 7.05 Å². The van der Waals surface area contributed by atoms with Gasteiger partial charge in [0.05, 0.1) is 0 Å². The molecule has 1 heterocycles. The standard InChI is InChI=1S/C21H21N3O/c1-20-13-7-6-8-15(20)11-12-17(14-20)21(16-9-4-3-5-10-16)18(25)24(2)19(22)23-21/h3-13H,14H2,1-2H3,(H2,22,23). The molecule has 2 atom stereocenters. The van der Waals surface area contributed by atoms with Gasteiger partial charge in [-0.1, -0.05) is 73.7 Å². The minimum atomic E-state index is -1.07. The Kier molecular flexibility index (Phi) is 3.32. The quantitative estimate of drug-likeness (QED) is 0.905. The SMILES string of the molecule is CN1C(=O)C(C2=CC=C3C=CC=CC3(C)C2)(c2ccccc2)N=C1N. The lowest BCUT2D eigenvalue weighted by atomic mass is 9.66. The molecule has 0 spiro atoms. The zero-order valence-electron chi connectivity index (χ0n) is 14.4. The number of likely N-dealkylation sites (N-methyl/N-ethyl adjacent to an activating group) is 1. The van der Waals surface area contributed by atoms with Crippen LogP contribution >= 0.6 is 0 Å². The predicted octanol–water partition coefficient (Wildman–Crippen LogP) is 3.06. The van der Waals surface area contributed by atoms with Gasteiger partial charge < -0.3 is 5.73 Å². The Balaban J connectivity index is 1.91. The highest BCUT2D eigenvalue weighted by atomic mass is 16.2. The van der Waals surface area contributed by atoms with E-state index in [0.717, 1.165) is 17.6 Å². The molecule has 0 radical (unpaired) electrons. The van der Waals surface area contributed by atoms with Crippen molar-refractivity contribution in [2.24, 2.45) is 16.1 Å². The van der Waals surface area contributed by atoms with Gasteiger partial charge in [-0.15, -0.1) is 0 Å². The number of hydrogen-bond donors (Lipinski definition) is 1. The van der Waals surface area contributed by atoms with E-state index >= 15 is 0 Å². The molecule has 3 aliphatic rings. The van der Waals surface area contributed by atoms with E-state index < -0.39 is 5.54 Å². The zero-order valence-corrected chi connectivity index (χ0v) is 14.4. The molecule has 2 unspecified atom stereocenters. The van der Waals surface area contributed by atoms with Crippen molar-refractivity contribution in [1.82, 2.24) is 4.90 Å². The maximum Gasteiger partial charge on any atom is 0.266 e. The summed E-state index contributed by atoms with van der Waals surface area (Å²) in [7, 11) is 1.68. The van der Waals surface area contributed by atoms with E-state index in [1.54, 1.807) is 7.05 Å². The molecule has 0 fully saturated rings. The van der Waals surface area contributed by atoms with Gasteiger partial charge in [0.2, 0.25) is 0 Å². The first kappa shape index (κ1) is 15.6. The molecule has 2 N–H and O–H groups in total. The van der Waals surface area contributed by atoms with E-state index in [-0.39, 0.29) is 17.3 Å². The normalized spacial score (nSPS) is 30.7. The number of benzene rings is 1. The van der Waals surface area contributed by atoms with Gasteiger partial charge in [-0.2, -0.15) is 0 Å². The first-order valence-corrected chi connectivity index (χ1v) is 8.44. The number of carbonyl (C=O) groups is 1. The molecule has 0 saturated heterocycles. The van der Waals surface area contributed by atoms with Crippen LogP contribution in [0.15, 0.2) is 82.9 Å². The van der Waals surface area contributed by atoms with E-state index in [2.05, 4.69) is 36.2 Å². The van der Waals surface area contributed by atoms with Crippen molar-refractivity contribution in [2.45, 2.75) is 18.9 Å². The van der Waals surface area contributed by atoms with Gasteiger partial charge in [0.25, 0.3) is 5.91 Å². The smallest absolute Gasteiger partial charge is 0.266 e. The molecule has 4 heteroatoms. The summed E-state index contributed by atoms with van der Waals surface area (Å²) in [6, 6.07) is 9.71. The summed E-state index contributed by atoms with van der Waals surface area (Å²) in [6.45, 7) is 2.20. The molecule has 2 aliphatic carbocycles. The molecule has 1 aromatic rings. The van der Waals surface area contributed by atoms with Crippen molar-refractivity contribution >= 4 is 11.9 Å². The van der Waals surface area contributed by atoms with Crippen molar-refractivity contribution in [1.29, 1.82) is 0 Å². The van der Waals surface area contributed by atoms with Crippen LogP contribution in [0.1, 0.15) is 18.9 Å². The summed E-state index contributed by atoms with van der Waals surface area (Å²) in [6.07, 6.45) is 13.3. The number of hydrogen-bond acceptors (Lipinski definition) is 3. The fourth-order valence-electron chi connectivity index (χ4n) is 3.92. The maximum absolute atomic E-state index is 13.2. The van der Waals surface area contributed by atoms with E-state index in [1.807, 2.05) is 42.5 Å². The van der Waals surface area contributed by atoms with Crippen LogP contribution in [0.2, 0.25) is 0 Å². The summed E-state index contributed by atoms with van der Waals surface area (Å²) in [5, 5.41) is 0. The number of carbonyl (C=O) groups excluding carboxylic acids is 1. The largest absolute Gasteiger partial charge is 0.369 e. The molecule has 1 aliphatic heterocycles. The van der Waals surface area contributed by atoms with Crippen LogP contribution < -0.4 is 5.73 Å². The van der Waals surface area contributed by atoms with Crippen LogP contribution in [-0.2, 0) is 10.3 Å². The fraction of sp³-hybridized carbons (Fsp3) is 0.238. The van der Waals surface area contributed by atoms with Crippen molar-refractivity contribution in [3.05, 3.63) is 83.5 Å². The predicted molar refractivity (Wildman–Crippen MR) is 99.7 cm³/mol. The van der Waals surface area contributed by atoms with Crippen LogP contribution in [0.4, 0.5) is 0 Å². The van der Waals surface area contributed by atoms with Crippen LogP contribution in [0.3, 0.4) is 0 Å². The average Bonchev–Trinajstić information content (AvgIpc) is 2.86. The van der Waals surface area contributed by atoms with E-state index in [9.17, 15) is 4.79 Å². The second-order valence-corrected chi connectivity index (χ2v) is 7.04. The summed E-state index contributed by atoms with van der Waals surface area (Å²) in [5.41, 5.74) is 7.92. The van der Waals surface area contributed by atoms with E-state index in [1.165, 1.54) is 10.5 Å². The number of fused-ring (bicyclic) bond motifs is 1. The number of guanidine groups is 1. The third kappa shape index (κ3) is 2.14. The van der Waals surface area contributed by atoms with Gasteiger partial charge in [0, 0.05) is 12.5 Å². The second-order valence-electron chi connectivity index (χ2n) is 7.04. The monoisotopic (exact) mass is 331 g/mol. The summed E-state index contributed by atoms with van der Waals surface area (Å²) in [4.78, 5) is 19.4. The van der Waals surface area contributed by atoms with Crippen molar-refractivity contribution in [3.8, 4) is 0 Å². The average molecular weight is 331 g/mol. The summed E-state index contributed by atoms with van der Waals surface area (Å²) < 4.78 is 0. The lowest BCUT2D eigenvalue weighted by Crippen LogP contribution is -2.43. The minimum Gasteiger partial charge on any atom is -0.369 e. The Bertz CT molecular complexity index is 891. The van der Waals surface area contributed by atoms with Crippen LogP contribution in [-0.4, -0.2) is 23.8 Å². The topological polar surface area (TPSA) is 58.7 Å². The highest BCUT2D eigenvalue weighted by molar-refractivity contribution is 6.08. The molecule has 4 rings (SSSR count). The van der Waals surface area contributed by atoms with E-state index in [4.69, 9.17) is 5.73 Å². The van der Waals surface area contributed by atoms with Crippen LogP contribution in [0.25, 0.3) is 0 Å². The molecule has 0 bridgehead atoms. The van der Waals surface area contributed by atoms with Gasteiger partial charge in [-0.25, -0.2) is 4.99 Å². The summed E-state index contributed by atoms with van der Waals surface area (Å²) in [5.74, 6) is 0.159. The highest BCUT2D eigenvalue weighted by Crippen LogP contribution is 2.49. The number of aliphatic imine (C=N–C) groups is 1. The first-order chi connectivity index (χ1) is 12.0. The molecule has 0 saturated carbocycles. The molecular formula is C21H21N3O. The number of nitrogens with zero attached hydrogens (tertiary/aromatic N) is 2. The molecule has 1 amide bonds. The Morgan fingerprint density at radius 1 is 1.16 bits per heavy atom. The first-order valence-electron chi connectivity index (χ1n) is 8.44. The lowest BCUT2D eigenvalue weighted by Gasteiger charge is -2.38. The van der Waals surface area contributed by atoms with Gasteiger partial charge in [0.15, 0.2) is 11.5 Å². The molecule has 4 nitrogen and oxygen atoms in total. The second kappa shape index (κ2) is 5.31. The Labute approximate surface area is 147 Å². The van der Waals surface area contributed by atoms with Crippen molar-refractivity contribution < 1.29 is 4.79 Å². The van der Waals surface area contributed by atoms with Crippen LogP contribution in [0, 0.1) is 5.41 Å². The molecule has 126 valence electrons. The van der Waals surface area contributed by atoms with Gasteiger partial charge in [-0.3, -0.25) is 9.69 Å². The summed E-state index contributed by atoms with van der Waals surface area (Å²) >= 11 is 0. The Hall–Kier alpha value is -2.88. The van der Waals surface area contributed by atoms with Gasteiger partial charge >= 0.3 is 0 Å². The maximum atomic E-state index is 13.2. The number of nitrogens with two attached hydrogens (primary N) is 1. The number of amides is 1. The number of allylic oxidation sites excluding steroid dienone is 7. The molecule has 1 aromatic carbocycles. The van der Waals surface area contributed by atoms with E-state index in [0.29, 0.717) is 0 Å². The van der Waals surface area contributed by atoms with Crippen molar-refractivity contribution in [3.63, 3.8) is 0 Å². The Morgan fingerprint density at radius 3 is 2.60 bits per heavy atom. The zero-order chi connectivity index (χ0) is 17.7. The lowest BCUT2D eigenvalue weighted by molar-refractivity contribution is -0.129. The molecular weight excluding hydrogens is 310 g/mol. The number of rotatable bonds is 2. The van der Waals surface area contributed by atoms with Crippen LogP contribution in [0.5, 0.6) is 0 Å². The third-order valence-electron chi connectivity index (χ3n) is 5.43. The molecule has 25 heavy (non-hydrogen) atoms. The highest BCUT2D eigenvalue weighted by Gasteiger charge is 2.52. The molecule has 0 aromatic heterocycles. The van der Waals surface area contributed by atoms with Gasteiger partial charge in [-0.05, 0) is 23.1 Å². The van der Waals surface area contributed by atoms with Gasteiger partial charge in [0.1, 0.15) is 0 Å². The fourth-order valence-corrected chi connectivity index (χ4v) is 3.92.